The SMILES string of the molecule is COc1cccnc1[C@@H](N)c1ccc(CF)cc1. The largest absolute Gasteiger partial charge is 0.495 e. The molecule has 0 saturated carbocycles. The van der Waals surface area contributed by atoms with Crippen molar-refractivity contribution in [3.05, 3.63) is 59.4 Å². The van der Waals surface area contributed by atoms with Crippen molar-refractivity contribution in [3.8, 4) is 5.75 Å². The maximum absolute atomic E-state index is 12.4. The van der Waals surface area contributed by atoms with Crippen molar-refractivity contribution in [1.29, 1.82) is 0 Å². The van der Waals surface area contributed by atoms with E-state index in [9.17, 15) is 4.39 Å². The molecule has 1 heterocycles. The summed E-state index contributed by atoms with van der Waals surface area (Å²) in [5.41, 5.74) is 8.34. The monoisotopic (exact) mass is 246 g/mol. The van der Waals surface area contributed by atoms with Crippen LogP contribution in [0.25, 0.3) is 0 Å². The lowest BCUT2D eigenvalue weighted by Crippen LogP contribution is -2.14. The van der Waals surface area contributed by atoms with Crippen LogP contribution < -0.4 is 10.5 Å². The minimum atomic E-state index is -0.470. The smallest absolute Gasteiger partial charge is 0.142 e. The van der Waals surface area contributed by atoms with Gasteiger partial charge in [-0.25, -0.2) is 4.39 Å². The highest BCUT2D eigenvalue weighted by Crippen LogP contribution is 2.26. The van der Waals surface area contributed by atoms with Gasteiger partial charge in [-0.3, -0.25) is 4.98 Å². The second-order valence-electron chi connectivity index (χ2n) is 3.94. The maximum Gasteiger partial charge on any atom is 0.142 e. The molecule has 0 aliphatic heterocycles. The lowest BCUT2D eigenvalue weighted by atomic mass is 10.0. The molecule has 0 saturated heterocycles. The number of rotatable bonds is 4. The van der Waals surface area contributed by atoms with Crippen molar-refractivity contribution >= 4 is 0 Å². The first-order valence-corrected chi connectivity index (χ1v) is 5.65. The van der Waals surface area contributed by atoms with E-state index in [4.69, 9.17) is 10.5 Å². The number of hydrogen-bond donors (Lipinski definition) is 1. The molecule has 0 bridgehead atoms. The summed E-state index contributed by atoms with van der Waals surface area (Å²) in [5.74, 6) is 0.652. The highest BCUT2D eigenvalue weighted by Gasteiger charge is 2.14. The van der Waals surface area contributed by atoms with Crippen LogP contribution in [-0.4, -0.2) is 12.1 Å². The summed E-state index contributed by atoms with van der Waals surface area (Å²) in [5, 5.41) is 0. The summed E-state index contributed by atoms with van der Waals surface area (Å²) in [6, 6.07) is 10.3. The number of hydrogen-bond acceptors (Lipinski definition) is 3. The molecular weight excluding hydrogens is 231 g/mol. The molecular formula is C14H15FN2O. The van der Waals surface area contributed by atoms with Crippen molar-refractivity contribution in [1.82, 2.24) is 4.98 Å². The Kier molecular flexibility index (Phi) is 3.89. The number of halogens is 1. The van der Waals surface area contributed by atoms with E-state index >= 15 is 0 Å². The fourth-order valence-corrected chi connectivity index (χ4v) is 1.78. The van der Waals surface area contributed by atoms with Gasteiger partial charge in [-0.15, -0.1) is 0 Å². The summed E-state index contributed by atoms with van der Waals surface area (Å²) < 4.78 is 17.7. The van der Waals surface area contributed by atoms with E-state index in [1.165, 1.54) is 0 Å². The molecule has 2 rings (SSSR count). The molecule has 0 aliphatic rings. The maximum atomic E-state index is 12.4. The normalized spacial score (nSPS) is 12.2. The van der Waals surface area contributed by atoms with Gasteiger partial charge in [0.25, 0.3) is 0 Å². The molecule has 2 aromatic rings. The second-order valence-corrected chi connectivity index (χ2v) is 3.94. The predicted molar refractivity (Wildman–Crippen MR) is 68.1 cm³/mol. The van der Waals surface area contributed by atoms with E-state index in [0.717, 1.165) is 5.56 Å². The molecule has 0 aliphatic carbocycles. The molecule has 2 N–H and O–H groups in total. The zero-order valence-electron chi connectivity index (χ0n) is 10.1. The number of pyridine rings is 1. The minimum Gasteiger partial charge on any atom is -0.495 e. The van der Waals surface area contributed by atoms with E-state index in [1.807, 2.05) is 18.2 Å². The Labute approximate surface area is 105 Å². The summed E-state index contributed by atoms with van der Waals surface area (Å²) >= 11 is 0. The van der Waals surface area contributed by atoms with Gasteiger partial charge in [0.1, 0.15) is 18.1 Å². The topological polar surface area (TPSA) is 48.1 Å². The Hall–Kier alpha value is -1.94. The van der Waals surface area contributed by atoms with Crippen LogP contribution in [0, 0.1) is 0 Å². The number of alkyl halides is 1. The molecule has 0 spiro atoms. The zero-order valence-corrected chi connectivity index (χ0v) is 10.1. The molecule has 1 atom stereocenters. The van der Waals surface area contributed by atoms with Crippen LogP contribution in [0.15, 0.2) is 42.6 Å². The fourth-order valence-electron chi connectivity index (χ4n) is 1.78. The summed E-state index contributed by atoms with van der Waals surface area (Å²) in [4.78, 5) is 4.24. The van der Waals surface area contributed by atoms with E-state index < -0.39 is 6.67 Å². The van der Waals surface area contributed by atoms with Crippen LogP contribution in [0.1, 0.15) is 22.9 Å². The van der Waals surface area contributed by atoms with Crippen molar-refractivity contribution in [2.75, 3.05) is 7.11 Å². The average Bonchev–Trinajstić information content (AvgIpc) is 2.46. The second kappa shape index (κ2) is 5.60. The standard InChI is InChI=1S/C14H15FN2O/c1-18-12-3-2-8-17-14(12)13(16)11-6-4-10(9-15)5-7-11/h2-8,13H,9,16H2,1H3/t13-/m0/s1. The fraction of sp³-hybridized carbons (Fsp3) is 0.214. The Morgan fingerprint density at radius 1 is 1.28 bits per heavy atom. The van der Waals surface area contributed by atoms with E-state index in [1.54, 1.807) is 31.5 Å². The van der Waals surface area contributed by atoms with Crippen LogP contribution in [0.5, 0.6) is 5.75 Å². The average molecular weight is 246 g/mol. The third kappa shape index (κ3) is 2.49. The molecule has 4 heteroatoms. The molecule has 0 radical (unpaired) electrons. The minimum absolute atomic E-state index is 0.380. The van der Waals surface area contributed by atoms with Crippen molar-refractivity contribution < 1.29 is 9.13 Å². The summed E-state index contributed by atoms with van der Waals surface area (Å²) in [7, 11) is 1.58. The number of methoxy groups -OCH3 is 1. The quantitative estimate of drug-likeness (QED) is 0.902. The van der Waals surface area contributed by atoms with Gasteiger partial charge in [0.15, 0.2) is 0 Å². The van der Waals surface area contributed by atoms with Crippen LogP contribution in [0.3, 0.4) is 0 Å². The van der Waals surface area contributed by atoms with Crippen LogP contribution in [0.2, 0.25) is 0 Å². The first-order valence-electron chi connectivity index (χ1n) is 5.65. The third-order valence-electron chi connectivity index (χ3n) is 2.81. The molecule has 1 aromatic heterocycles. The molecule has 94 valence electrons. The van der Waals surface area contributed by atoms with Gasteiger partial charge >= 0.3 is 0 Å². The molecule has 3 nitrogen and oxygen atoms in total. The van der Waals surface area contributed by atoms with Gasteiger partial charge in [-0.1, -0.05) is 24.3 Å². The number of benzene rings is 1. The lowest BCUT2D eigenvalue weighted by molar-refractivity contribution is 0.404. The number of nitrogens with zero attached hydrogens (tertiary/aromatic N) is 1. The van der Waals surface area contributed by atoms with Gasteiger partial charge < -0.3 is 10.5 Å². The first kappa shape index (κ1) is 12.5. The van der Waals surface area contributed by atoms with Crippen LogP contribution >= 0.6 is 0 Å². The Bertz CT molecular complexity index is 513. The van der Waals surface area contributed by atoms with E-state index in [0.29, 0.717) is 17.0 Å². The molecule has 0 unspecified atom stereocenters. The summed E-state index contributed by atoms with van der Waals surface area (Å²) in [6.07, 6.45) is 1.67. The predicted octanol–water partition coefficient (Wildman–Crippen LogP) is 2.61. The van der Waals surface area contributed by atoms with Crippen molar-refractivity contribution in [2.45, 2.75) is 12.7 Å². The summed E-state index contributed by atoms with van der Waals surface area (Å²) in [6.45, 7) is -0.470. The van der Waals surface area contributed by atoms with Gasteiger partial charge in [0, 0.05) is 6.20 Å². The van der Waals surface area contributed by atoms with Gasteiger partial charge in [0.2, 0.25) is 0 Å². The van der Waals surface area contributed by atoms with Crippen LogP contribution in [0.4, 0.5) is 4.39 Å². The molecule has 0 fully saturated rings. The Balaban J connectivity index is 2.31. The first-order chi connectivity index (χ1) is 8.76. The van der Waals surface area contributed by atoms with Crippen molar-refractivity contribution in [3.63, 3.8) is 0 Å². The molecule has 18 heavy (non-hydrogen) atoms. The van der Waals surface area contributed by atoms with Crippen molar-refractivity contribution in [2.24, 2.45) is 5.73 Å². The van der Waals surface area contributed by atoms with Crippen LogP contribution in [-0.2, 0) is 6.67 Å². The highest BCUT2D eigenvalue weighted by molar-refractivity contribution is 5.37. The zero-order chi connectivity index (χ0) is 13.0. The van der Waals surface area contributed by atoms with Gasteiger partial charge in [0.05, 0.1) is 13.2 Å². The number of nitrogens with two attached hydrogens (primary N) is 1. The van der Waals surface area contributed by atoms with Gasteiger partial charge in [-0.2, -0.15) is 0 Å². The van der Waals surface area contributed by atoms with Gasteiger partial charge in [-0.05, 0) is 23.3 Å². The number of ether oxygens (including phenoxy) is 1. The molecule has 0 amide bonds. The van der Waals surface area contributed by atoms with E-state index in [-0.39, 0.29) is 6.04 Å². The number of aromatic nitrogens is 1. The lowest BCUT2D eigenvalue weighted by Gasteiger charge is -2.14. The Morgan fingerprint density at radius 2 is 2.00 bits per heavy atom. The van der Waals surface area contributed by atoms with E-state index in [2.05, 4.69) is 4.98 Å². The third-order valence-corrected chi connectivity index (χ3v) is 2.81. The molecule has 1 aromatic carbocycles. The Morgan fingerprint density at radius 3 is 2.61 bits per heavy atom. The highest BCUT2D eigenvalue weighted by atomic mass is 19.1.